The minimum absolute atomic E-state index is 0.691. The first kappa shape index (κ1) is 15.9. The normalized spacial score (nSPS) is 11.9. The summed E-state index contributed by atoms with van der Waals surface area (Å²) in [6, 6.07) is 10.7. The van der Waals surface area contributed by atoms with E-state index in [1.54, 1.807) is 0 Å². The number of rotatable bonds is 4. The van der Waals surface area contributed by atoms with E-state index in [4.69, 9.17) is 4.74 Å². The Morgan fingerprint density at radius 1 is 1.08 bits per heavy atom. The zero-order valence-electron chi connectivity index (χ0n) is 15.2. The molecule has 0 atom stereocenters. The lowest BCUT2D eigenvalue weighted by molar-refractivity contribution is 0.261. The van der Waals surface area contributed by atoms with Gasteiger partial charge in [0.2, 0.25) is 0 Å². The number of hydrogen-bond donors (Lipinski definition) is 0. The van der Waals surface area contributed by atoms with Gasteiger partial charge in [-0.25, -0.2) is 0 Å². The number of aromatic nitrogens is 2. The highest BCUT2D eigenvalue weighted by molar-refractivity contribution is 6.14. The molecule has 0 amide bonds. The Balaban J connectivity index is 1.91. The molecule has 0 saturated heterocycles. The summed E-state index contributed by atoms with van der Waals surface area (Å²) in [5.74, 6) is 0.925. The molecule has 0 aliphatic carbocycles. The van der Waals surface area contributed by atoms with E-state index in [-0.39, 0.29) is 0 Å². The summed E-state index contributed by atoms with van der Waals surface area (Å²) < 4.78 is 8.21. The van der Waals surface area contributed by atoms with Crippen molar-refractivity contribution >= 4 is 32.6 Å². The maximum absolute atomic E-state index is 5.94. The number of likely N-dealkylation sites (N-methyl/N-ethyl adjacent to an activating group) is 1. The number of benzene rings is 2. The molecular weight excluding hydrogens is 310 g/mol. The lowest BCUT2D eigenvalue weighted by Gasteiger charge is -2.11. The number of aryl methyl sites for hydroxylation is 2. The van der Waals surface area contributed by atoms with Crippen LogP contribution in [-0.4, -0.2) is 41.7 Å². The van der Waals surface area contributed by atoms with Gasteiger partial charge in [-0.15, -0.1) is 0 Å². The molecule has 4 rings (SSSR count). The second kappa shape index (κ2) is 6.05. The summed E-state index contributed by atoms with van der Waals surface area (Å²) in [5, 5.41) is 4.95. The average molecular weight is 333 g/mol. The number of ether oxygens (including phenoxy) is 1. The summed E-state index contributed by atoms with van der Waals surface area (Å²) in [4.78, 5) is 6.42. The van der Waals surface area contributed by atoms with Gasteiger partial charge in [0.25, 0.3) is 0 Å². The summed E-state index contributed by atoms with van der Waals surface area (Å²) in [7, 11) is 6.24. The number of nitrogens with zero attached hydrogens (tertiary/aromatic N) is 3. The van der Waals surface area contributed by atoms with Crippen molar-refractivity contribution in [3.63, 3.8) is 0 Å². The number of hydrogen-bond acceptors (Lipinski definition) is 3. The topological polar surface area (TPSA) is 30.3 Å². The van der Waals surface area contributed by atoms with Crippen molar-refractivity contribution in [2.24, 2.45) is 7.05 Å². The number of pyridine rings is 1. The van der Waals surface area contributed by atoms with Crippen LogP contribution in [0.15, 0.2) is 42.7 Å². The van der Waals surface area contributed by atoms with Crippen LogP contribution in [0.4, 0.5) is 0 Å². The SMILES string of the molecule is Cc1c2cnccc2cc2c3cc(OCCN(C)C)ccc3n(C)c12. The molecule has 0 saturated carbocycles. The smallest absolute Gasteiger partial charge is 0.120 e. The monoisotopic (exact) mass is 333 g/mol. The zero-order chi connectivity index (χ0) is 17.6. The molecular formula is C21H23N3O. The van der Waals surface area contributed by atoms with Gasteiger partial charge in [0, 0.05) is 47.7 Å². The minimum atomic E-state index is 0.691. The second-order valence-corrected chi connectivity index (χ2v) is 6.88. The fourth-order valence-corrected chi connectivity index (χ4v) is 3.62. The first-order chi connectivity index (χ1) is 12.1. The highest BCUT2D eigenvalue weighted by Crippen LogP contribution is 2.36. The molecule has 4 aromatic rings. The van der Waals surface area contributed by atoms with E-state index in [0.29, 0.717) is 6.61 Å². The molecule has 0 aliphatic heterocycles. The van der Waals surface area contributed by atoms with Crippen LogP contribution in [0.1, 0.15) is 5.56 Å². The Kier molecular flexibility index (Phi) is 3.85. The van der Waals surface area contributed by atoms with E-state index in [9.17, 15) is 0 Å². The molecule has 25 heavy (non-hydrogen) atoms. The lowest BCUT2D eigenvalue weighted by atomic mass is 10.0. The largest absolute Gasteiger partial charge is 0.492 e. The van der Waals surface area contributed by atoms with Crippen LogP contribution in [0.3, 0.4) is 0 Å². The van der Waals surface area contributed by atoms with Crippen LogP contribution in [-0.2, 0) is 7.05 Å². The molecule has 0 fully saturated rings. The molecule has 2 aromatic carbocycles. The minimum Gasteiger partial charge on any atom is -0.492 e. The van der Waals surface area contributed by atoms with E-state index < -0.39 is 0 Å². The van der Waals surface area contributed by atoms with Crippen molar-refractivity contribution in [3.05, 3.63) is 48.3 Å². The van der Waals surface area contributed by atoms with Crippen LogP contribution < -0.4 is 4.74 Å². The molecule has 0 unspecified atom stereocenters. The van der Waals surface area contributed by atoms with Gasteiger partial charge < -0.3 is 14.2 Å². The van der Waals surface area contributed by atoms with Gasteiger partial charge in [0.1, 0.15) is 12.4 Å². The quantitative estimate of drug-likeness (QED) is 0.562. The van der Waals surface area contributed by atoms with Gasteiger partial charge in [-0.2, -0.15) is 0 Å². The molecule has 0 aliphatic rings. The zero-order valence-corrected chi connectivity index (χ0v) is 15.2. The third-order valence-electron chi connectivity index (χ3n) is 4.93. The predicted octanol–water partition coefficient (Wildman–Crippen LogP) is 4.13. The Hall–Kier alpha value is -2.59. The molecule has 0 spiro atoms. The molecule has 2 heterocycles. The maximum atomic E-state index is 5.94. The van der Waals surface area contributed by atoms with Crippen molar-refractivity contribution in [3.8, 4) is 5.75 Å². The van der Waals surface area contributed by atoms with E-state index in [2.05, 4.69) is 72.8 Å². The highest BCUT2D eigenvalue weighted by atomic mass is 16.5. The third kappa shape index (κ3) is 2.63. The van der Waals surface area contributed by atoms with Gasteiger partial charge in [-0.1, -0.05) is 0 Å². The van der Waals surface area contributed by atoms with Gasteiger partial charge in [-0.3, -0.25) is 4.98 Å². The molecule has 0 N–H and O–H groups in total. The van der Waals surface area contributed by atoms with E-state index >= 15 is 0 Å². The Labute approximate surface area is 147 Å². The van der Waals surface area contributed by atoms with Crippen molar-refractivity contribution in [1.82, 2.24) is 14.5 Å². The third-order valence-corrected chi connectivity index (χ3v) is 4.93. The van der Waals surface area contributed by atoms with Crippen LogP contribution in [0.25, 0.3) is 32.6 Å². The standard InChI is InChI=1S/C21H23N3O/c1-14-19-13-22-8-7-15(19)11-18-17-12-16(25-10-9-23(2)3)5-6-20(17)24(4)21(14)18/h5-8,11-13H,9-10H2,1-4H3. The lowest BCUT2D eigenvalue weighted by Crippen LogP contribution is -2.19. The Bertz CT molecular complexity index is 1080. The fraction of sp³-hybridized carbons (Fsp3) is 0.286. The van der Waals surface area contributed by atoms with Crippen molar-refractivity contribution in [2.45, 2.75) is 6.92 Å². The van der Waals surface area contributed by atoms with Crippen LogP contribution in [0.2, 0.25) is 0 Å². The molecule has 4 heteroatoms. The van der Waals surface area contributed by atoms with Crippen LogP contribution in [0.5, 0.6) is 5.75 Å². The van der Waals surface area contributed by atoms with Crippen molar-refractivity contribution in [2.75, 3.05) is 27.2 Å². The molecule has 0 bridgehead atoms. The van der Waals surface area contributed by atoms with Crippen molar-refractivity contribution in [1.29, 1.82) is 0 Å². The van der Waals surface area contributed by atoms with Gasteiger partial charge in [-0.05, 0) is 62.3 Å². The maximum Gasteiger partial charge on any atom is 0.120 e. The van der Waals surface area contributed by atoms with Gasteiger partial charge >= 0.3 is 0 Å². The average Bonchev–Trinajstić information content (AvgIpc) is 2.87. The number of fused-ring (bicyclic) bond motifs is 4. The summed E-state index contributed by atoms with van der Waals surface area (Å²) in [5.41, 5.74) is 3.76. The second-order valence-electron chi connectivity index (χ2n) is 6.88. The van der Waals surface area contributed by atoms with Crippen LogP contribution in [0, 0.1) is 6.92 Å². The van der Waals surface area contributed by atoms with E-state index in [1.807, 2.05) is 12.4 Å². The first-order valence-electron chi connectivity index (χ1n) is 8.59. The van der Waals surface area contributed by atoms with Gasteiger partial charge in [0.05, 0.1) is 5.52 Å². The van der Waals surface area contributed by atoms with Crippen molar-refractivity contribution < 1.29 is 4.74 Å². The molecule has 0 radical (unpaired) electrons. The van der Waals surface area contributed by atoms with E-state index in [1.165, 1.54) is 38.1 Å². The van der Waals surface area contributed by atoms with Crippen LogP contribution >= 0.6 is 0 Å². The predicted molar refractivity (Wildman–Crippen MR) is 105 cm³/mol. The highest BCUT2D eigenvalue weighted by Gasteiger charge is 2.14. The Morgan fingerprint density at radius 3 is 2.72 bits per heavy atom. The summed E-state index contributed by atoms with van der Waals surface area (Å²) in [6.07, 6.45) is 3.81. The van der Waals surface area contributed by atoms with Gasteiger partial charge in [0.15, 0.2) is 0 Å². The van der Waals surface area contributed by atoms with E-state index in [0.717, 1.165) is 12.3 Å². The summed E-state index contributed by atoms with van der Waals surface area (Å²) in [6.45, 7) is 3.78. The molecule has 128 valence electrons. The fourth-order valence-electron chi connectivity index (χ4n) is 3.62. The molecule has 2 aromatic heterocycles. The molecule has 4 nitrogen and oxygen atoms in total. The Morgan fingerprint density at radius 2 is 1.92 bits per heavy atom. The summed E-state index contributed by atoms with van der Waals surface area (Å²) >= 11 is 0. The first-order valence-corrected chi connectivity index (χ1v) is 8.59.